The van der Waals surface area contributed by atoms with Crippen LogP contribution in [0, 0.1) is 0 Å². The van der Waals surface area contributed by atoms with Gasteiger partial charge in [0.15, 0.2) is 0 Å². The molecule has 0 aliphatic rings. The van der Waals surface area contributed by atoms with E-state index in [1.807, 2.05) is 36.4 Å². The molecule has 0 amide bonds. The predicted octanol–water partition coefficient (Wildman–Crippen LogP) is 4.32. The summed E-state index contributed by atoms with van der Waals surface area (Å²) in [6, 6.07) is 12.8. The molecule has 20 heavy (non-hydrogen) atoms. The van der Waals surface area contributed by atoms with E-state index in [0.29, 0.717) is 16.0 Å². The van der Waals surface area contributed by atoms with E-state index in [9.17, 15) is 0 Å². The summed E-state index contributed by atoms with van der Waals surface area (Å²) in [5, 5.41) is 5.48. The number of fused-ring (bicyclic) bond motifs is 1. The Balaban J connectivity index is 1.74. The topological polar surface area (TPSA) is 53.1 Å². The highest BCUT2D eigenvalue weighted by molar-refractivity contribution is 6.31. The molecule has 0 radical (unpaired) electrons. The SMILES string of the molecule is Clc1ccc(C=NNc2nc3ccc(Cl)cc3[nH]2)cc1. The van der Waals surface area contributed by atoms with Gasteiger partial charge >= 0.3 is 0 Å². The average Bonchev–Trinajstić information content (AvgIpc) is 2.83. The van der Waals surface area contributed by atoms with Crippen molar-refractivity contribution in [2.45, 2.75) is 0 Å². The zero-order valence-electron chi connectivity index (χ0n) is 10.3. The highest BCUT2D eigenvalue weighted by Gasteiger charge is 2.01. The Bertz CT molecular complexity index is 762. The predicted molar refractivity (Wildman–Crippen MR) is 83.8 cm³/mol. The maximum Gasteiger partial charge on any atom is 0.222 e. The highest BCUT2D eigenvalue weighted by atomic mass is 35.5. The van der Waals surface area contributed by atoms with Gasteiger partial charge in [-0.2, -0.15) is 5.10 Å². The highest BCUT2D eigenvalue weighted by Crippen LogP contribution is 2.18. The van der Waals surface area contributed by atoms with E-state index in [1.165, 1.54) is 0 Å². The number of imidazole rings is 1. The van der Waals surface area contributed by atoms with Crippen molar-refractivity contribution in [2.75, 3.05) is 5.43 Å². The number of rotatable bonds is 3. The maximum atomic E-state index is 5.92. The molecular weight excluding hydrogens is 295 g/mol. The standard InChI is InChI=1S/C14H10Cl2N4/c15-10-3-1-9(2-4-10)8-17-20-14-18-12-6-5-11(16)7-13(12)19-14/h1-8H,(H2,18,19,20). The molecule has 4 nitrogen and oxygen atoms in total. The first-order valence-electron chi connectivity index (χ1n) is 5.91. The second kappa shape index (κ2) is 5.53. The number of aromatic nitrogens is 2. The summed E-state index contributed by atoms with van der Waals surface area (Å²) in [5.74, 6) is 0.562. The lowest BCUT2D eigenvalue weighted by Gasteiger charge is -1.94. The smallest absolute Gasteiger partial charge is 0.222 e. The van der Waals surface area contributed by atoms with Crippen LogP contribution in [0.25, 0.3) is 11.0 Å². The molecule has 1 aromatic heterocycles. The number of hydrazone groups is 1. The first-order chi connectivity index (χ1) is 9.70. The van der Waals surface area contributed by atoms with E-state index in [-0.39, 0.29) is 0 Å². The van der Waals surface area contributed by atoms with Crippen molar-refractivity contribution >= 4 is 46.4 Å². The van der Waals surface area contributed by atoms with Gasteiger partial charge in [0.2, 0.25) is 5.95 Å². The number of aromatic amines is 1. The van der Waals surface area contributed by atoms with Gasteiger partial charge in [0.05, 0.1) is 17.2 Å². The molecule has 0 aliphatic carbocycles. The van der Waals surface area contributed by atoms with Crippen LogP contribution in [-0.2, 0) is 0 Å². The third-order valence-electron chi connectivity index (χ3n) is 2.70. The zero-order valence-corrected chi connectivity index (χ0v) is 11.8. The van der Waals surface area contributed by atoms with E-state index in [1.54, 1.807) is 12.3 Å². The number of nitrogens with zero attached hydrogens (tertiary/aromatic N) is 2. The van der Waals surface area contributed by atoms with E-state index in [0.717, 1.165) is 16.6 Å². The molecular formula is C14H10Cl2N4. The Morgan fingerprint density at radius 1 is 1.05 bits per heavy atom. The lowest BCUT2D eigenvalue weighted by Crippen LogP contribution is -1.92. The second-order valence-electron chi connectivity index (χ2n) is 4.17. The fraction of sp³-hybridized carbons (Fsp3) is 0. The summed E-state index contributed by atoms with van der Waals surface area (Å²) in [6.45, 7) is 0. The molecule has 0 aliphatic heterocycles. The van der Waals surface area contributed by atoms with Gasteiger partial charge < -0.3 is 4.98 Å². The van der Waals surface area contributed by atoms with Crippen LogP contribution in [0.4, 0.5) is 5.95 Å². The molecule has 1 heterocycles. The molecule has 6 heteroatoms. The maximum absolute atomic E-state index is 5.92. The monoisotopic (exact) mass is 304 g/mol. The van der Waals surface area contributed by atoms with Crippen LogP contribution in [-0.4, -0.2) is 16.2 Å². The molecule has 0 fully saturated rings. The van der Waals surface area contributed by atoms with Crippen LogP contribution in [0.5, 0.6) is 0 Å². The Hall–Kier alpha value is -2.04. The largest absolute Gasteiger partial charge is 0.323 e. The van der Waals surface area contributed by atoms with Crippen molar-refractivity contribution in [3.63, 3.8) is 0 Å². The molecule has 3 rings (SSSR count). The van der Waals surface area contributed by atoms with Crippen molar-refractivity contribution in [3.05, 3.63) is 58.1 Å². The fourth-order valence-corrected chi connectivity index (χ4v) is 2.05. The number of hydrogen-bond acceptors (Lipinski definition) is 3. The Morgan fingerprint density at radius 3 is 2.60 bits per heavy atom. The van der Waals surface area contributed by atoms with Crippen LogP contribution in [0.2, 0.25) is 10.0 Å². The van der Waals surface area contributed by atoms with Gasteiger partial charge in [-0.1, -0.05) is 35.3 Å². The summed E-state index contributed by atoms with van der Waals surface area (Å²) < 4.78 is 0. The van der Waals surface area contributed by atoms with Crippen LogP contribution in [0.3, 0.4) is 0 Å². The van der Waals surface area contributed by atoms with Crippen molar-refractivity contribution in [1.29, 1.82) is 0 Å². The molecule has 0 saturated heterocycles. The van der Waals surface area contributed by atoms with Crippen LogP contribution < -0.4 is 5.43 Å². The molecule has 0 bridgehead atoms. The third kappa shape index (κ3) is 2.92. The number of hydrogen-bond donors (Lipinski definition) is 2. The van der Waals surface area contributed by atoms with Crippen molar-refractivity contribution in [1.82, 2.24) is 9.97 Å². The molecule has 2 aromatic carbocycles. The van der Waals surface area contributed by atoms with Crippen molar-refractivity contribution in [3.8, 4) is 0 Å². The molecule has 100 valence electrons. The molecule has 0 unspecified atom stereocenters. The number of H-pyrrole nitrogens is 1. The number of benzene rings is 2. The Labute approximate surface area is 125 Å². The van der Waals surface area contributed by atoms with Gasteiger partial charge in [-0.15, -0.1) is 0 Å². The van der Waals surface area contributed by atoms with Crippen molar-refractivity contribution in [2.24, 2.45) is 5.10 Å². The third-order valence-corrected chi connectivity index (χ3v) is 3.19. The van der Waals surface area contributed by atoms with Gasteiger partial charge in [-0.3, -0.25) is 0 Å². The Kier molecular flexibility index (Phi) is 3.58. The molecule has 0 saturated carbocycles. The zero-order chi connectivity index (χ0) is 13.9. The van der Waals surface area contributed by atoms with Crippen LogP contribution >= 0.6 is 23.2 Å². The summed E-state index contributed by atoms with van der Waals surface area (Å²) >= 11 is 11.7. The number of anilines is 1. The number of halogens is 2. The van der Waals surface area contributed by atoms with Crippen LogP contribution in [0.15, 0.2) is 47.6 Å². The molecule has 0 spiro atoms. The van der Waals surface area contributed by atoms with Gasteiger partial charge in [-0.25, -0.2) is 10.4 Å². The normalized spacial score (nSPS) is 11.3. The lowest BCUT2D eigenvalue weighted by atomic mass is 10.2. The van der Waals surface area contributed by atoms with E-state index < -0.39 is 0 Å². The van der Waals surface area contributed by atoms with Gasteiger partial charge in [0.25, 0.3) is 0 Å². The second-order valence-corrected chi connectivity index (χ2v) is 5.04. The molecule has 0 atom stereocenters. The van der Waals surface area contributed by atoms with Crippen molar-refractivity contribution < 1.29 is 0 Å². The average molecular weight is 305 g/mol. The Morgan fingerprint density at radius 2 is 1.80 bits per heavy atom. The minimum Gasteiger partial charge on any atom is -0.323 e. The van der Waals surface area contributed by atoms with Gasteiger partial charge in [0.1, 0.15) is 0 Å². The van der Waals surface area contributed by atoms with Gasteiger partial charge in [-0.05, 0) is 35.9 Å². The minimum atomic E-state index is 0.562. The van der Waals surface area contributed by atoms with Gasteiger partial charge in [0, 0.05) is 10.0 Å². The fourth-order valence-electron chi connectivity index (χ4n) is 1.75. The first kappa shape index (κ1) is 13.0. The minimum absolute atomic E-state index is 0.562. The quantitative estimate of drug-likeness (QED) is 0.559. The molecule has 3 aromatic rings. The summed E-state index contributed by atoms with van der Waals surface area (Å²) in [5.41, 5.74) is 5.48. The van der Waals surface area contributed by atoms with E-state index in [4.69, 9.17) is 23.2 Å². The summed E-state index contributed by atoms with van der Waals surface area (Å²) in [4.78, 5) is 7.43. The first-order valence-corrected chi connectivity index (χ1v) is 6.66. The summed E-state index contributed by atoms with van der Waals surface area (Å²) in [6.07, 6.45) is 1.69. The van der Waals surface area contributed by atoms with E-state index in [2.05, 4.69) is 20.5 Å². The van der Waals surface area contributed by atoms with Crippen LogP contribution in [0.1, 0.15) is 5.56 Å². The number of nitrogens with one attached hydrogen (secondary N) is 2. The summed E-state index contributed by atoms with van der Waals surface area (Å²) in [7, 11) is 0. The van der Waals surface area contributed by atoms with E-state index >= 15 is 0 Å². The lowest BCUT2D eigenvalue weighted by molar-refractivity contribution is 1.21. The molecule has 2 N–H and O–H groups in total.